The number of carbonyl (C=O) groups is 1. The first-order valence-electron chi connectivity index (χ1n) is 5.80. The van der Waals surface area contributed by atoms with Crippen molar-refractivity contribution in [2.45, 2.75) is 25.3 Å². The van der Waals surface area contributed by atoms with Gasteiger partial charge >= 0.3 is 5.97 Å². The van der Waals surface area contributed by atoms with Crippen LogP contribution in [0.5, 0.6) is 5.75 Å². The van der Waals surface area contributed by atoms with Crippen LogP contribution in [0.2, 0.25) is 0 Å². The molecular formula is C13H17NO3. The summed E-state index contributed by atoms with van der Waals surface area (Å²) in [6, 6.07) is 6.37. The highest BCUT2D eigenvalue weighted by atomic mass is 16.5. The number of benzene rings is 1. The highest BCUT2D eigenvalue weighted by molar-refractivity contribution is 5.69. The SMILES string of the molecule is COc1ccc2c(c1)CCC(NCC(=O)O)C2. The van der Waals surface area contributed by atoms with Crippen LogP contribution >= 0.6 is 0 Å². The topological polar surface area (TPSA) is 58.6 Å². The normalized spacial score (nSPS) is 18.5. The molecule has 1 aromatic rings. The lowest BCUT2D eigenvalue weighted by molar-refractivity contribution is -0.136. The Hall–Kier alpha value is -1.55. The summed E-state index contributed by atoms with van der Waals surface area (Å²) in [4.78, 5) is 10.5. The molecule has 0 radical (unpaired) electrons. The third kappa shape index (κ3) is 2.97. The lowest BCUT2D eigenvalue weighted by Crippen LogP contribution is -2.37. The van der Waals surface area contributed by atoms with Crippen LogP contribution < -0.4 is 10.1 Å². The molecular weight excluding hydrogens is 218 g/mol. The highest BCUT2D eigenvalue weighted by Gasteiger charge is 2.19. The number of hydrogen-bond donors (Lipinski definition) is 2. The van der Waals surface area contributed by atoms with Gasteiger partial charge in [0.05, 0.1) is 13.7 Å². The number of rotatable bonds is 4. The average Bonchev–Trinajstić information content (AvgIpc) is 2.35. The van der Waals surface area contributed by atoms with Crippen molar-refractivity contribution < 1.29 is 14.6 Å². The molecule has 0 saturated carbocycles. The van der Waals surface area contributed by atoms with E-state index in [1.165, 1.54) is 11.1 Å². The zero-order valence-corrected chi connectivity index (χ0v) is 9.90. The van der Waals surface area contributed by atoms with Gasteiger partial charge in [-0.2, -0.15) is 0 Å². The molecule has 0 bridgehead atoms. The fourth-order valence-electron chi connectivity index (χ4n) is 2.26. The Bertz CT molecular complexity index is 417. The number of carboxylic acids is 1. The number of nitrogens with one attached hydrogen (secondary N) is 1. The molecule has 4 nitrogen and oxygen atoms in total. The molecule has 2 N–H and O–H groups in total. The number of ether oxygens (including phenoxy) is 1. The third-order valence-electron chi connectivity index (χ3n) is 3.18. The predicted octanol–water partition coefficient (Wildman–Crippen LogP) is 1.23. The summed E-state index contributed by atoms with van der Waals surface area (Å²) in [6.45, 7) is 0.0379. The van der Waals surface area contributed by atoms with Crippen molar-refractivity contribution in [2.75, 3.05) is 13.7 Å². The average molecular weight is 235 g/mol. The van der Waals surface area contributed by atoms with E-state index in [9.17, 15) is 4.79 Å². The van der Waals surface area contributed by atoms with Gasteiger partial charge in [-0.1, -0.05) is 6.07 Å². The number of aryl methyl sites for hydroxylation is 1. The fraction of sp³-hybridized carbons (Fsp3) is 0.462. The number of fused-ring (bicyclic) bond motifs is 1. The number of aliphatic carboxylic acids is 1. The van der Waals surface area contributed by atoms with E-state index in [1.54, 1.807) is 7.11 Å². The maximum absolute atomic E-state index is 10.5. The van der Waals surface area contributed by atoms with Crippen LogP contribution in [0.25, 0.3) is 0 Å². The van der Waals surface area contributed by atoms with Crippen LogP contribution in [-0.2, 0) is 17.6 Å². The summed E-state index contributed by atoms with van der Waals surface area (Å²) in [5.41, 5.74) is 2.61. The number of methoxy groups -OCH3 is 1. The summed E-state index contributed by atoms with van der Waals surface area (Å²) in [5.74, 6) is 0.0891. The predicted molar refractivity (Wildman–Crippen MR) is 64.4 cm³/mol. The van der Waals surface area contributed by atoms with Gasteiger partial charge in [0, 0.05) is 6.04 Å². The Kier molecular flexibility index (Phi) is 3.64. The molecule has 4 heteroatoms. The van der Waals surface area contributed by atoms with E-state index in [2.05, 4.69) is 17.4 Å². The van der Waals surface area contributed by atoms with Crippen LogP contribution in [0.4, 0.5) is 0 Å². The first-order chi connectivity index (χ1) is 8.19. The van der Waals surface area contributed by atoms with Crippen LogP contribution in [-0.4, -0.2) is 30.8 Å². The first-order valence-corrected chi connectivity index (χ1v) is 5.80. The molecule has 0 spiro atoms. The first kappa shape index (κ1) is 11.9. The smallest absolute Gasteiger partial charge is 0.317 e. The Balaban J connectivity index is 2.01. The van der Waals surface area contributed by atoms with Crippen molar-refractivity contribution in [3.63, 3.8) is 0 Å². The van der Waals surface area contributed by atoms with Gasteiger partial charge in [0.2, 0.25) is 0 Å². The molecule has 17 heavy (non-hydrogen) atoms. The summed E-state index contributed by atoms with van der Waals surface area (Å²) in [5, 5.41) is 11.7. The Labute approximate surface area is 101 Å². The van der Waals surface area contributed by atoms with E-state index in [0.717, 1.165) is 25.0 Å². The molecule has 0 heterocycles. The molecule has 1 aliphatic rings. The largest absolute Gasteiger partial charge is 0.497 e. The van der Waals surface area contributed by atoms with Gasteiger partial charge in [-0.25, -0.2) is 0 Å². The van der Waals surface area contributed by atoms with Gasteiger partial charge in [0.1, 0.15) is 5.75 Å². The molecule has 0 aromatic heterocycles. The van der Waals surface area contributed by atoms with Crippen molar-refractivity contribution >= 4 is 5.97 Å². The van der Waals surface area contributed by atoms with Crippen LogP contribution in [0.15, 0.2) is 18.2 Å². The van der Waals surface area contributed by atoms with Gasteiger partial charge in [0.25, 0.3) is 0 Å². The van der Waals surface area contributed by atoms with E-state index in [0.29, 0.717) is 0 Å². The van der Waals surface area contributed by atoms with Crippen molar-refractivity contribution in [3.8, 4) is 5.75 Å². The summed E-state index contributed by atoms with van der Waals surface area (Å²) in [7, 11) is 1.67. The monoisotopic (exact) mass is 235 g/mol. The fourth-order valence-corrected chi connectivity index (χ4v) is 2.26. The Morgan fingerprint density at radius 2 is 2.35 bits per heavy atom. The summed E-state index contributed by atoms with van der Waals surface area (Å²) < 4.78 is 5.19. The second kappa shape index (κ2) is 5.19. The van der Waals surface area contributed by atoms with Crippen molar-refractivity contribution in [1.29, 1.82) is 0 Å². The molecule has 0 aliphatic heterocycles. The van der Waals surface area contributed by atoms with Gasteiger partial charge in [-0.3, -0.25) is 4.79 Å². The molecule has 1 unspecified atom stereocenters. The molecule has 0 saturated heterocycles. The minimum Gasteiger partial charge on any atom is -0.497 e. The lowest BCUT2D eigenvalue weighted by Gasteiger charge is -2.25. The van der Waals surface area contributed by atoms with Crippen LogP contribution in [0.3, 0.4) is 0 Å². The molecule has 1 aromatic carbocycles. The zero-order valence-electron chi connectivity index (χ0n) is 9.90. The van der Waals surface area contributed by atoms with Gasteiger partial charge in [0.15, 0.2) is 0 Å². The van der Waals surface area contributed by atoms with E-state index in [-0.39, 0.29) is 12.6 Å². The quantitative estimate of drug-likeness (QED) is 0.824. The number of carboxylic acid groups (broad SMARTS) is 1. The molecule has 2 rings (SSSR count). The molecule has 92 valence electrons. The van der Waals surface area contributed by atoms with E-state index in [4.69, 9.17) is 9.84 Å². The minimum atomic E-state index is -0.800. The Morgan fingerprint density at radius 3 is 3.06 bits per heavy atom. The van der Waals surface area contributed by atoms with Crippen molar-refractivity contribution in [3.05, 3.63) is 29.3 Å². The van der Waals surface area contributed by atoms with Crippen molar-refractivity contribution in [2.24, 2.45) is 0 Å². The molecule has 0 fully saturated rings. The maximum Gasteiger partial charge on any atom is 0.317 e. The number of hydrogen-bond acceptors (Lipinski definition) is 3. The zero-order chi connectivity index (χ0) is 12.3. The Morgan fingerprint density at radius 1 is 1.53 bits per heavy atom. The summed E-state index contributed by atoms with van der Waals surface area (Å²) >= 11 is 0. The van der Waals surface area contributed by atoms with E-state index >= 15 is 0 Å². The second-order valence-electron chi connectivity index (χ2n) is 4.35. The van der Waals surface area contributed by atoms with E-state index in [1.807, 2.05) is 6.07 Å². The van der Waals surface area contributed by atoms with Gasteiger partial charge in [-0.05, 0) is 42.5 Å². The standard InChI is InChI=1S/C13H17NO3/c1-17-12-5-3-9-6-11(14-8-13(15)16)4-2-10(9)7-12/h3,5,7,11,14H,2,4,6,8H2,1H3,(H,15,16). The third-order valence-corrected chi connectivity index (χ3v) is 3.18. The highest BCUT2D eigenvalue weighted by Crippen LogP contribution is 2.25. The molecule has 0 amide bonds. The molecule has 1 aliphatic carbocycles. The van der Waals surface area contributed by atoms with Crippen molar-refractivity contribution in [1.82, 2.24) is 5.32 Å². The maximum atomic E-state index is 10.5. The van der Waals surface area contributed by atoms with E-state index < -0.39 is 5.97 Å². The van der Waals surface area contributed by atoms with Gasteiger partial charge in [-0.15, -0.1) is 0 Å². The molecule has 1 atom stereocenters. The summed E-state index contributed by atoms with van der Waals surface area (Å²) in [6.07, 6.45) is 2.85. The second-order valence-corrected chi connectivity index (χ2v) is 4.35. The minimum absolute atomic E-state index is 0.0379. The van der Waals surface area contributed by atoms with Gasteiger partial charge < -0.3 is 15.2 Å². The lowest BCUT2D eigenvalue weighted by atomic mass is 9.88. The van der Waals surface area contributed by atoms with Crippen LogP contribution in [0, 0.1) is 0 Å². The van der Waals surface area contributed by atoms with Crippen LogP contribution in [0.1, 0.15) is 17.5 Å².